The number of carbonyl (C=O) groups excluding carboxylic acids is 2. The lowest BCUT2D eigenvalue weighted by Gasteiger charge is -2.09. The van der Waals surface area contributed by atoms with Gasteiger partial charge in [-0.2, -0.15) is 0 Å². The molecule has 2 rings (SSSR count). The summed E-state index contributed by atoms with van der Waals surface area (Å²) in [4.78, 5) is 39.0. The Morgan fingerprint density at radius 3 is 2.75 bits per heavy atom. The standard InChI is InChI=1S/C15H13Cl2N3O4/c1-9-10(16)6-11(17)15(18-9)19-12(21)8-24-14(23)7-20-5-3-2-4-13(20)22/h2-6H,7-8H2,1H3,(H,18,19,21). The zero-order valence-corrected chi connectivity index (χ0v) is 14.1. The van der Waals surface area contributed by atoms with Gasteiger partial charge in [0.15, 0.2) is 12.4 Å². The first-order valence-corrected chi connectivity index (χ1v) is 7.56. The average Bonchev–Trinajstić information content (AvgIpc) is 2.53. The first-order valence-electron chi connectivity index (χ1n) is 6.80. The highest BCUT2D eigenvalue weighted by Crippen LogP contribution is 2.25. The maximum absolute atomic E-state index is 11.8. The summed E-state index contributed by atoms with van der Waals surface area (Å²) in [5.74, 6) is -1.21. The number of aromatic nitrogens is 2. The van der Waals surface area contributed by atoms with E-state index in [9.17, 15) is 14.4 Å². The number of nitrogens with one attached hydrogen (secondary N) is 1. The lowest BCUT2D eigenvalue weighted by atomic mass is 10.3. The molecule has 0 fully saturated rings. The molecule has 7 nitrogen and oxygen atoms in total. The van der Waals surface area contributed by atoms with Crippen molar-refractivity contribution < 1.29 is 14.3 Å². The first-order chi connectivity index (χ1) is 11.4. The number of nitrogens with zero attached hydrogens (tertiary/aromatic N) is 2. The summed E-state index contributed by atoms with van der Waals surface area (Å²) in [5, 5.41) is 2.96. The number of aryl methyl sites for hydroxylation is 1. The Bertz CT molecular complexity index is 836. The lowest BCUT2D eigenvalue weighted by Crippen LogP contribution is -2.27. The van der Waals surface area contributed by atoms with Crippen LogP contribution in [0.2, 0.25) is 10.0 Å². The highest BCUT2D eigenvalue weighted by molar-refractivity contribution is 6.36. The summed E-state index contributed by atoms with van der Waals surface area (Å²) in [7, 11) is 0. The number of carbonyl (C=O) groups is 2. The molecule has 0 atom stereocenters. The third-order valence-electron chi connectivity index (χ3n) is 2.93. The SMILES string of the molecule is Cc1nc(NC(=O)COC(=O)Cn2ccccc2=O)c(Cl)cc1Cl. The molecule has 0 aliphatic carbocycles. The molecule has 126 valence electrons. The maximum atomic E-state index is 11.8. The molecule has 0 bridgehead atoms. The van der Waals surface area contributed by atoms with Crippen LogP contribution in [0.25, 0.3) is 0 Å². The predicted octanol–water partition coefficient (Wildman–Crippen LogP) is 2.04. The maximum Gasteiger partial charge on any atom is 0.326 e. The first kappa shape index (κ1) is 18.0. The fourth-order valence-corrected chi connectivity index (χ4v) is 2.14. The normalized spacial score (nSPS) is 10.3. The largest absolute Gasteiger partial charge is 0.454 e. The van der Waals surface area contributed by atoms with Crippen LogP contribution in [-0.4, -0.2) is 28.0 Å². The zero-order valence-electron chi connectivity index (χ0n) is 12.6. The number of pyridine rings is 2. The molecule has 24 heavy (non-hydrogen) atoms. The van der Waals surface area contributed by atoms with Gasteiger partial charge in [-0.15, -0.1) is 0 Å². The third-order valence-corrected chi connectivity index (χ3v) is 3.60. The molecule has 0 unspecified atom stereocenters. The predicted molar refractivity (Wildman–Crippen MR) is 89.3 cm³/mol. The Hall–Kier alpha value is -2.38. The monoisotopic (exact) mass is 369 g/mol. The fraction of sp³-hybridized carbons (Fsp3) is 0.200. The summed E-state index contributed by atoms with van der Waals surface area (Å²) in [6.07, 6.45) is 1.45. The molecule has 0 saturated carbocycles. The minimum atomic E-state index is -0.718. The van der Waals surface area contributed by atoms with E-state index in [0.29, 0.717) is 10.7 Å². The molecule has 0 aliphatic rings. The average molecular weight is 370 g/mol. The van der Waals surface area contributed by atoms with Gasteiger partial charge in [0, 0.05) is 12.3 Å². The van der Waals surface area contributed by atoms with Crippen molar-refractivity contribution in [2.75, 3.05) is 11.9 Å². The highest BCUT2D eigenvalue weighted by atomic mass is 35.5. The molecule has 0 radical (unpaired) electrons. The van der Waals surface area contributed by atoms with Gasteiger partial charge in [-0.25, -0.2) is 4.98 Å². The number of halogens is 2. The van der Waals surface area contributed by atoms with E-state index in [1.54, 1.807) is 19.1 Å². The zero-order chi connectivity index (χ0) is 17.7. The van der Waals surface area contributed by atoms with E-state index >= 15 is 0 Å². The second-order valence-electron chi connectivity index (χ2n) is 4.76. The van der Waals surface area contributed by atoms with Crippen molar-refractivity contribution in [3.63, 3.8) is 0 Å². The quantitative estimate of drug-likeness (QED) is 0.814. The van der Waals surface area contributed by atoms with Crippen LogP contribution in [0.5, 0.6) is 0 Å². The topological polar surface area (TPSA) is 90.3 Å². The minimum absolute atomic E-state index is 0.124. The van der Waals surface area contributed by atoms with Crippen LogP contribution < -0.4 is 10.9 Å². The molecule has 2 aromatic rings. The fourth-order valence-electron chi connectivity index (χ4n) is 1.74. The number of anilines is 1. The Kier molecular flexibility index (Phi) is 5.94. The van der Waals surface area contributed by atoms with Gasteiger partial charge >= 0.3 is 5.97 Å². The second kappa shape index (κ2) is 7.94. The molecule has 9 heteroatoms. The minimum Gasteiger partial charge on any atom is -0.454 e. The van der Waals surface area contributed by atoms with Gasteiger partial charge in [-0.1, -0.05) is 29.3 Å². The van der Waals surface area contributed by atoms with Crippen LogP contribution in [-0.2, 0) is 20.9 Å². The van der Waals surface area contributed by atoms with Crippen LogP contribution in [0.3, 0.4) is 0 Å². The molecule has 0 aliphatic heterocycles. The number of hydrogen-bond acceptors (Lipinski definition) is 5. The van der Waals surface area contributed by atoms with E-state index in [4.69, 9.17) is 27.9 Å². The molecule has 1 N–H and O–H groups in total. The van der Waals surface area contributed by atoms with E-state index in [1.807, 2.05) is 0 Å². The van der Waals surface area contributed by atoms with Crippen LogP contribution >= 0.6 is 23.2 Å². The van der Waals surface area contributed by atoms with Crippen molar-refractivity contribution in [1.29, 1.82) is 0 Å². The molecule has 0 saturated heterocycles. The van der Waals surface area contributed by atoms with E-state index in [1.165, 1.54) is 22.9 Å². The summed E-state index contributed by atoms with van der Waals surface area (Å²) in [6, 6.07) is 5.94. The van der Waals surface area contributed by atoms with E-state index < -0.39 is 18.5 Å². The smallest absolute Gasteiger partial charge is 0.326 e. The van der Waals surface area contributed by atoms with Gasteiger partial charge in [0.2, 0.25) is 0 Å². The van der Waals surface area contributed by atoms with Gasteiger partial charge in [0.1, 0.15) is 6.54 Å². The second-order valence-corrected chi connectivity index (χ2v) is 5.58. The van der Waals surface area contributed by atoms with Crippen LogP contribution in [0, 0.1) is 6.92 Å². The van der Waals surface area contributed by atoms with Crippen LogP contribution in [0.15, 0.2) is 35.3 Å². The Morgan fingerprint density at radius 1 is 1.29 bits per heavy atom. The van der Waals surface area contributed by atoms with Gasteiger partial charge < -0.3 is 14.6 Å². The van der Waals surface area contributed by atoms with Gasteiger partial charge in [0.25, 0.3) is 11.5 Å². The number of esters is 1. The molecular formula is C15H13Cl2N3O4. The van der Waals surface area contributed by atoms with Crippen molar-refractivity contribution in [3.8, 4) is 0 Å². The Balaban J connectivity index is 1.89. The molecular weight excluding hydrogens is 357 g/mol. The van der Waals surface area contributed by atoms with Gasteiger partial charge in [-0.3, -0.25) is 14.4 Å². The van der Waals surface area contributed by atoms with Gasteiger partial charge in [-0.05, 0) is 19.1 Å². The van der Waals surface area contributed by atoms with E-state index in [2.05, 4.69) is 10.3 Å². The molecule has 1 amide bonds. The Labute approximate surface area is 147 Å². The van der Waals surface area contributed by atoms with Crippen molar-refractivity contribution in [1.82, 2.24) is 9.55 Å². The molecule has 0 aromatic carbocycles. The lowest BCUT2D eigenvalue weighted by molar-refractivity contribution is -0.147. The molecule has 0 spiro atoms. The molecule has 2 aromatic heterocycles. The summed E-state index contributed by atoms with van der Waals surface area (Å²) >= 11 is 11.8. The third kappa shape index (κ3) is 4.81. The highest BCUT2D eigenvalue weighted by Gasteiger charge is 2.12. The number of ether oxygens (including phenoxy) is 1. The van der Waals surface area contributed by atoms with E-state index in [-0.39, 0.29) is 22.9 Å². The van der Waals surface area contributed by atoms with Crippen molar-refractivity contribution >= 4 is 40.9 Å². The van der Waals surface area contributed by atoms with Gasteiger partial charge in [0.05, 0.1) is 15.7 Å². The Morgan fingerprint density at radius 2 is 2.04 bits per heavy atom. The van der Waals surface area contributed by atoms with Crippen molar-refractivity contribution in [2.45, 2.75) is 13.5 Å². The molecule has 2 heterocycles. The number of rotatable bonds is 5. The summed E-state index contributed by atoms with van der Waals surface area (Å²) in [5.41, 5.74) is 0.156. The van der Waals surface area contributed by atoms with Crippen LogP contribution in [0.4, 0.5) is 5.82 Å². The van der Waals surface area contributed by atoms with E-state index in [0.717, 1.165) is 0 Å². The summed E-state index contributed by atoms with van der Waals surface area (Å²) in [6.45, 7) is 0.845. The summed E-state index contributed by atoms with van der Waals surface area (Å²) < 4.78 is 5.99. The van der Waals surface area contributed by atoms with Crippen molar-refractivity contribution in [3.05, 3.63) is 56.6 Å². The van der Waals surface area contributed by atoms with Crippen molar-refractivity contribution in [2.24, 2.45) is 0 Å². The number of hydrogen-bond donors (Lipinski definition) is 1. The number of amides is 1. The van der Waals surface area contributed by atoms with Crippen LogP contribution in [0.1, 0.15) is 5.69 Å².